The van der Waals surface area contributed by atoms with Crippen LogP contribution in [-0.2, 0) is 0 Å². The number of nitrogens with two attached hydrogens (primary N) is 1. The lowest BCUT2D eigenvalue weighted by atomic mass is 10.3. The van der Waals surface area contributed by atoms with Crippen LogP contribution in [0.2, 0.25) is 0 Å². The van der Waals surface area contributed by atoms with E-state index in [1.54, 1.807) is 13.2 Å². The van der Waals surface area contributed by atoms with Crippen LogP contribution in [0.15, 0.2) is 6.07 Å². The monoisotopic (exact) mass is 139 g/mol. The minimum absolute atomic E-state index is 0.445. The second kappa shape index (κ2) is 2.51. The van der Waals surface area contributed by atoms with Crippen molar-refractivity contribution in [3.63, 3.8) is 0 Å². The highest BCUT2D eigenvalue weighted by atomic mass is 16.5. The number of aromatic nitrogens is 2. The molecule has 1 heterocycles. The molecule has 0 amide bonds. The highest BCUT2D eigenvalue weighted by Crippen LogP contribution is 2.10. The van der Waals surface area contributed by atoms with E-state index in [2.05, 4.69) is 10.2 Å². The normalized spacial score (nSPS) is 9.40. The molecule has 10 heavy (non-hydrogen) atoms. The van der Waals surface area contributed by atoms with Gasteiger partial charge in [0, 0.05) is 6.07 Å². The Balaban J connectivity index is 3.04. The quantitative estimate of drug-likeness (QED) is 0.610. The first kappa shape index (κ1) is 6.80. The van der Waals surface area contributed by atoms with E-state index in [-0.39, 0.29) is 0 Å². The number of nitrogens with zero attached hydrogens (tertiary/aromatic N) is 2. The number of anilines is 1. The summed E-state index contributed by atoms with van der Waals surface area (Å²) in [7, 11) is 1.54. The lowest BCUT2D eigenvalue weighted by Gasteiger charge is -1.99. The van der Waals surface area contributed by atoms with Crippen molar-refractivity contribution in [2.45, 2.75) is 6.92 Å². The highest BCUT2D eigenvalue weighted by Gasteiger charge is 1.97. The Labute approximate surface area is 59.0 Å². The number of aryl methyl sites for hydroxylation is 1. The number of ether oxygens (including phenoxy) is 1. The third-order valence-electron chi connectivity index (χ3n) is 1.21. The molecular weight excluding hydrogens is 130 g/mol. The van der Waals surface area contributed by atoms with Gasteiger partial charge in [0.15, 0.2) is 0 Å². The third kappa shape index (κ3) is 1.15. The van der Waals surface area contributed by atoms with E-state index in [9.17, 15) is 0 Å². The SMILES string of the molecule is COc1cc(C)c(N)nn1. The van der Waals surface area contributed by atoms with Crippen molar-refractivity contribution < 1.29 is 4.74 Å². The van der Waals surface area contributed by atoms with Crippen LogP contribution in [0.3, 0.4) is 0 Å². The fourth-order valence-electron chi connectivity index (χ4n) is 0.570. The molecule has 0 aliphatic carbocycles. The average Bonchev–Trinajstić information content (AvgIpc) is 1.95. The van der Waals surface area contributed by atoms with Gasteiger partial charge in [-0.3, -0.25) is 0 Å². The van der Waals surface area contributed by atoms with E-state index < -0.39 is 0 Å². The number of methoxy groups -OCH3 is 1. The Morgan fingerprint density at radius 2 is 2.20 bits per heavy atom. The summed E-state index contributed by atoms with van der Waals surface area (Å²) < 4.78 is 4.82. The van der Waals surface area contributed by atoms with Crippen LogP contribution in [0.5, 0.6) is 5.88 Å². The van der Waals surface area contributed by atoms with E-state index in [0.29, 0.717) is 11.7 Å². The van der Waals surface area contributed by atoms with Crippen LogP contribution in [0.4, 0.5) is 5.82 Å². The van der Waals surface area contributed by atoms with Crippen molar-refractivity contribution >= 4 is 5.82 Å². The van der Waals surface area contributed by atoms with Crippen molar-refractivity contribution in [3.05, 3.63) is 11.6 Å². The van der Waals surface area contributed by atoms with E-state index in [0.717, 1.165) is 5.56 Å². The molecule has 0 saturated heterocycles. The summed E-state index contributed by atoms with van der Waals surface area (Å²) in [6, 6.07) is 1.74. The summed E-state index contributed by atoms with van der Waals surface area (Å²) in [6.45, 7) is 1.85. The molecule has 4 nitrogen and oxygen atoms in total. The maximum absolute atomic E-state index is 5.41. The van der Waals surface area contributed by atoms with Gasteiger partial charge in [-0.25, -0.2) is 0 Å². The molecule has 1 aromatic heterocycles. The van der Waals surface area contributed by atoms with Crippen LogP contribution >= 0.6 is 0 Å². The van der Waals surface area contributed by atoms with Gasteiger partial charge in [-0.05, 0) is 12.5 Å². The van der Waals surface area contributed by atoms with Crippen LogP contribution in [0, 0.1) is 6.92 Å². The summed E-state index contributed by atoms with van der Waals surface area (Å²) in [5.41, 5.74) is 6.30. The van der Waals surface area contributed by atoms with Gasteiger partial charge in [-0.15, -0.1) is 10.2 Å². The van der Waals surface area contributed by atoms with Crippen LogP contribution in [-0.4, -0.2) is 17.3 Å². The number of rotatable bonds is 1. The summed E-state index contributed by atoms with van der Waals surface area (Å²) in [6.07, 6.45) is 0. The Kier molecular flexibility index (Phi) is 1.71. The first-order chi connectivity index (χ1) is 4.74. The lowest BCUT2D eigenvalue weighted by molar-refractivity contribution is 0.392. The molecular formula is C6H9N3O. The molecule has 0 radical (unpaired) electrons. The largest absolute Gasteiger partial charge is 0.480 e. The molecule has 0 atom stereocenters. The Hall–Kier alpha value is -1.32. The molecule has 0 saturated carbocycles. The van der Waals surface area contributed by atoms with E-state index in [4.69, 9.17) is 10.5 Å². The molecule has 0 fully saturated rings. The predicted octanol–water partition coefficient (Wildman–Crippen LogP) is 0.376. The second-order valence-electron chi connectivity index (χ2n) is 1.95. The molecule has 0 aliphatic heterocycles. The summed E-state index contributed by atoms with van der Waals surface area (Å²) in [5.74, 6) is 0.938. The highest BCUT2D eigenvalue weighted by molar-refractivity contribution is 5.38. The van der Waals surface area contributed by atoms with Gasteiger partial charge < -0.3 is 10.5 Å². The van der Waals surface area contributed by atoms with Gasteiger partial charge in [0.25, 0.3) is 0 Å². The van der Waals surface area contributed by atoms with E-state index in [1.807, 2.05) is 6.92 Å². The predicted molar refractivity (Wildman–Crippen MR) is 37.7 cm³/mol. The van der Waals surface area contributed by atoms with Crippen molar-refractivity contribution in [2.75, 3.05) is 12.8 Å². The molecule has 0 aliphatic rings. The van der Waals surface area contributed by atoms with E-state index >= 15 is 0 Å². The van der Waals surface area contributed by atoms with Gasteiger partial charge in [0.05, 0.1) is 7.11 Å². The van der Waals surface area contributed by atoms with Gasteiger partial charge in [0.2, 0.25) is 5.88 Å². The summed E-state index contributed by atoms with van der Waals surface area (Å²) >= 11 is 0. The molecule has 0 bridgehead atoms. The van der Waals surface area contributed by atoms with Crippen LogP contribution < -0.4 is 10.5 Å². The zero-order valence-corrected chi connectivity index (χ0v) is 5.96. The van der Waals surface area contributed by atoms with Gasteiger partial charge >= 0.3 is 0 Å². The fourth-order valence-corrected chi connectivity index (χ4v) is 0.570. The third-order valence-corrected chi connectivity index (χ3v) is 1.21. The van der Waals surface area contributed by atoms with Gasteiger partial charge in [-0.2, -0.15) is 0 Å². The maximum Gasteiger partial charge on any atom is 0.233 e. The maximum atomic E-state index is 5.41. The smallest absolute Gasteiger partial charge is 0.233 e. The van der Waals surface area contributed by atoms with Crippen molar-refractivity contribution in [2.24, 2.45) is 0 Å². The molecule has 1 aromatic rings. The minimum Gasteiger partial charge on any atom is -0.480 e. The van der Waals surface area contributed by atoms with Gasteiger partial charge in [-0.1, -0.05) is 0 Å². The molecule has 1 rings (SSSR count). The number of nitrogen functional groups attached to an aromatic ring is 1. The number of hydrogen-bond acceptors (Lipinski definition) is 4. The molecule has 2 N–H and O–H groups in total. The summed E-state index contributed by atoms with van der Waals surface area (Å²) in [5, 5.41) is 7.31. The molecule has 0 aromatic carbocycles. The Morgan fingerprint density at radius 3 is 2.70 bits per heavy atom. The zero-order valence-electron chi connectivity index (χ0n) is 5.96. The fraction of sp³-hybridized carbons (Fsp3) is 0.333. The molecule has 4 heteroatoms. The Bertz CT molecular complexity index is 236. The van der Waals surface area contributed by atoms with Crippen LogP contribution in [0.1, 0.15) is 5.56 Å². The van der Waals surface area contributed by atoms with Crippen molar-refractivity contribution in [1.82, 2.24) is 10.2 Å². The van der Waals surface area contributed by atoms with Crippen LogP contribution in [0.25, 0.3) is 0 Å². The number of hydrogen-bond donors (Lipinski definition) is 1. The zero-order chi connectivity index (χ0) is 7.56. The van der Waals surface area contributed by atoms with E-state index in [1.165, 1.54) is 0 Å². The average molecular weight is 139 g/mol. The first-order valence-electron chi connectivity index (χ1n) is 2.88. The summed E-state index contributed by atoms with van der Waals surface area (Å²) in [4.78, 5) is 0. The topological polar surface area (TPSA) is 61.0 Å². The van der Waals surface area contributed by atoms with Gasteiger partial charge in [0.1, 0.15) is 5.82 Å². The Morgan fingerprint density at radius 1 is 1.50 bits per heavy atom. The van der Waals surface area contributed by atoms with Crippen molar-refractivity contribution in [3.8, 4) is 5.88 Å². The lowest BCUT2D eigenvalue weighted by Crippen LogP contribution is -1.98. The molecule has 0 unspecified atom stereocenters. The molecule has 54 valence electrons. The minimum atomic E-state index is 0.445. The second-order valence-corrected chi connectivity index (χ2v) is 1.95. The molecule has 0 spiro atoms. The standard InChI is InChI=1S/C6H9N3O/c1-4-3-5(10-2)8-9-6(4)7/h3H,1-2H3,(H2,7,9). The first-order valence-corrected chi connectivity index (χ1v) is 2.88. The van der Waals surface area contributed by atoms with Crippen molar-refractivity contribution in [1.29, 1.82) is 0 Å².